The van der Waals surface area contributed by atoms with Gasteiger partial charge in [-0.25, -0.2) is 4.68 Å². The largest absolute Gasteiger partial charge is 0.386 e. The molecule has 0 spiro atoms. The van der Waals surface area contributed by atoms with Gasteiger partial charge in [-0.1, -0.05) is 6.92 Å². The lowest BCUT2D eigenvalue weighted by Gasteiger charge is -2.45. The van der Waals surface area contributed by atoms with E-state index in [9.17, 15) is 14.7 Å². The minimum Gasteiger partial charge on any atom is -0.386 e. The monoisotopic (exact) mass is 281 g/mol. The number of carbonyl (C=O) groups is 1. The molecule has 2 rings (SSSR count). The highest BCUT2D eigenvalue weighted by Crippen LogP contribution is 2.25. The number of hydrogen-bond acceptors (Lipinski definition) is 5. The smallest absolute Gasteiger partial charge is 0.274 e. The molecule has 1 saturated heterocycles. The molecule has 1 amide bonds. The van der Waals surface area contributed by atoms with E-state index in [4.69, 9.17) is 4.74 Å². The van der Waals surface area contributed by atoms with E-state index in [1.165, 1.54) is 28.8 Å². The van der Waals surface area contributed by atoms with Gasteiger partial charge in [0.1, 0.15) is 5.69 Å². The minimum absolute atomic E-state index is 0.207. The Bertz CT molecular complexity index is 549. The summed E-state index contributed by atoms with van der Waals surface area (Å²) in [5.74, 6) is -0.269. The predicted octanol–water partition coefficient (Wildman–Crippen LogP) is -0.513. The first-order valence-electron chi connectivity index (χ1n) is 6.58. The van der Waals surface area contributed by atoms with E-state index in [2.05, 4.69) is 5.10 Å². The summed E-state index contributed by atoms with van der Waals surface area (Å²) >= 11 is 0. The van der Waals surface area contributed by atoms with Crippen LogP contribution >= 0.6 is 0 Å². The van der Waals surface area contributed by atoms with Gasteiger partial charge in [0.05, 0.1) is 31.8 Å². The van der Waals surface area contributed by atoms with Crippen molar-refractivity contribution >= 4 is 5.91 Å². The van der Waals surface area contributed by atoms with Crippen LogP contribution in [0, 0.1) is 0 Å². The van der Waals surface area contributed by atoms with Crippen LogP contribution in [0.3, 0.4) is 0 Å². The highest BCUT2D eigenvalue weighted by molar-refractivity contribution is 5.92. The summed E-state index contributed by atoms with van der Waals surface area (Å²) in [6.07, 6.45) is 0.609. The molecule has 1 aromatic rings. The lowest BCUT2D eigenvalue weighted by Crippen LogP contribution is -2.63. The van der Waals surface area contributed by atoms with E-state index < -0.39 is 5.60 Å². The fourth-order valence-electron chi connectivity index (χ4n) is 2.09. The lowest BCUT2D eigenvalue weighted by molar-refractivity contribution is -0.0828. The second-order valence-corrected chi connectivity index (χ2v) is 5.01. The third-order valence-corrected chi connectivity index (χ3v) is 3.51. The van der Waals surface area contributed by atoms with Gasteiger partial charge in [0.25, 0.3) is 11.5 Å². The number of amides is 1. The minimum atomic E-state index is -0.778. The number of aromatic nitrogens is 2. The molecule has 110 valence electrons. The van der Waals surface area contributed by atoms with Gasteiger partial charge in [-0.3, -0.25) is 9.59 Å². The molecule has 0 aromatic carbocycles. The molecule has 1 aliphatic heterocycles. The molecule has 20 heavy (non-hydrogen) atoms. The average Bonchev–Trinajstić information content (AvgIpc) is 2.42. The van der Waals surface area contributed by atoms with Gasteiger partial charge < -0.3 is 14.7 Å². The first-order valence-corrected chi connectivity index (χ1v) is 6.58. The SMILES string of the molecule is CCC1(O)CN(C(=O)c2ccc(=O)n(CCOC)n2)C1. The number of carbonyl (C=O) groups excluding carboxylic acids is 1. The highest BCUT2D eigenvalue weighted by atomic mass is 16.5. The first-order chi connectivity index (χ1) is 9.49. The van der Waals surface area contributed by atoms with E-state index in [-0.39, 0.29) is 17.2 Å². The van der Waals surface area contributed by atoms with E-state index in [1.54, 1.807) is 0 Å². The molecule has 1 N–H and O–H groups in total. The second-order valence-electron chi connectivity index (χ2n) is 5.01. The van der Waals surface area contributed by atoms with Crippen molar-refractivity contribution in [2.24, 2.45) is 0 Å². The van der Waals surface area contributed by atoms with E-state index in [0.29, 0.717) is 32.7 Å². The molecular formula is C13H19N3O4. The van der Waals surface area contributed by atoms with Crippen LogP contribution in [0.4, 0.5) is 0 Å². The molecule has 0 radical (unpaired) electrons. The zero-order valence-corrected chi connectivity index (χ0v) is 11.7. The Morgan fingerprint density at radius 2 is 2.20 bits per heavy atom. The van der Waals surface area contributed by atoms with Crippen molar-refractivity contribution in [3.63, 3.8) is 0 Å². The molecule has 0 aliphatic carbocycles. The summed E-state index contributed by atoms with van der Waals surface area (Å²) in [5.41, 5.74) is -0.841. The standard InChI is InChI=1S/C13H19N3O4/c1-3-13(19)8-15(9-13)12(18)10-4-5-11(17)16(14-10)6-7-20-2/h4-5,19H,3,6-9H2,1-2H3. The number of methoxy groups -OCH3 is 1. The lowest BCUT2D eigenvalue weighted by atomic mass is 9.91. The Hall–Kier alpha value is -1.73. The van der Waals surface area contributed by atoms with Crippen molar-refractivity contribution in [1.82, 2.24) is 14.7 Å². The molecule has 7 heteroatoms. The van der Waals surface area contributed by atoms with Crippen LogP contribution in [0.25, 0.3) is 0 Å². The number of ether oxygens (including phenoxy) is 1. The van der Waals surface area contributed by atoms with Crippen LogP contribution in [-0.4, -0.2) is 58.1 Å². The Labute approximate surface area is 116 Å². The average molecular weight is 281 g/mol. The van der Waals surface area contributed by atoms with E-state index in [1.807, 2.05) is 6.92 Å². The van der Waals surface area contributed by atoms with Gasteiger partial charge in [-0.15, -0.1) is 0 Å². The van der Waals surface area contributed by atoms with Crippen molar-refractivity contribution < 1.29 is 14.6 Å². The zero-order chi connectivity index (χ0) is 14.8. The molecule has 0 atom stereocenters. The molecule has 2 heterocycles. The fraction of sp³-hybridized carbons (Fsp3) is 0.615. The number of likely N-dealkylation sites (tertiary alicyclic amines) is 1. The van der Waals surface area contributed by atoms with Gasteiger partial charge in [0.15, 0.2) is 0 Å². The van der Waals surface area contributed by atoms with Gasteiger partial charge >= 0.3 is 0 Å². The third-order valence-electron chi connectivity index (χ3n) is 3.51. The van der Waals surface area contributed by atoms with Crippen LogP contribution in [-0.2, 0) is 11.3 Å². The molecule has 1 aromatic heterocycles. The zero-order valence-electron chi connectivity index (χ0n) is 11.7. The normalized spacial score (nSPS) is 16.9. The van der Waals surface area contributed by atoms with Crippen molar-refractivity contribution in [3.05, 3.63) is 28.2 Å². The van der Waals surface area contributed by atoms with Crippen molar-refractivity contribution in [3.8, 4) is 0 Å². The maximum Gasteiger partial charge on any atom is 0.274 e. The van der Waals surface area contributed by atoms with Gasteiger partial charge in [0, 0.05) is 13.2 Å². The number of β-amino-alcohol motifs (C(OH)–C–C–N with tert-alkyl or cyclic N) is 1. The molecule has 0 saturated carbocycles. The molecule has 1 fully saturated rings. The number of aliphatic hydroxyl groups is 1. The van der Waals surface area contributed by atoms with E-state index >= 15 is 0 Å². The predicted molar refractivity (Wildman–Crippen MR) is 71.5 cm³/mol. The van der Waals surface area contributed by atoms with Crippen LogP contribution < -0.4 is 5.56 Å². The Kier molecular flexibility index (Phi) is 4.20. The fourth-order valence-corrected chi connectivity index (χ4v) is 2.09. The van der Waals surface area contributed by atoms with Crippen molar-refractivity contribution in [1.29, 1.82) is 0 Å². The topological polar surface area (TPSA) is 84.7 Å². The molecule has 1 aliphatic rings. The Morgan fingerprint density at radius 1 is 1.50 bits per heavy atom. The number of nitrogens with zero attached hydrogens (tertiary/aromatic N) is 3. The summed E-state index contributed by atoms with van der Waals surface area (Å²) in [6, 6.07) is 2.74. The van der Waals surface area contributed by atoms with Gasteiger partial charge in [-0.05, 0) is 12.5 Å². The van der Waals surface area contributed by atoms with Gasteiger partial charge in [-0.2, -0.15) is 5.10 Å². The van der Waals surface area contributed by atoms with Crippen molar-refractivity contribution in [2.75, 3.05) is 26.8 Å². The third kappa shape index (κ3) is 2.88. The summed E-state index contributed by atoms with van der Waals surface area (Å²) < 4.78 is 6.11. The quantitative estimate of drug-likeness (QED) is 0.785. The number of rotatable bonds is 5. The maximum atomic E-state index is 12.2. The Morgan fingerprint density at radius 3 is 2.80 bits per heavy atom. The van der Waals surface area contributed by atoms with Gasteiger partial charge in [0.2, 0.25) is 0 Å². The molecular weight excluding hydrogens is 262 g/mol. The summed E-state index contributed by atoms with van der Waals surface area (Å²) in [5, 5.41) is 14.0. The summed E-state index contributed by atoms with van der Waals surface area (Å²) in [7, 11) is 1.53. The molecule has 0 bridgehead atoms. The van der Waals surface area contributed by atoms with Crippen LogP contribution in [0.2, 0.25) is 0 Å². The first kappa shape index (κ1) is 14.7. The van der Waals surface area contributed by atoms with Crippen LogP contribution in [0.15, 0.2) is 16.9 Å². The summed E-state index contributed by atoms with van der Waals surface area (Å²) in [6.45, 7) is 3.15. The highest BCUT2D eigenvalue weighted by Gasteiger charge is 2.42. The molecule has 7 nitrogen and oxygen atoms in total. The molecule has 0 unspecified atom stereocenters. The Balaban J connectivity index is 2.09. The number of hydrogen-bond donors (Lipinski definition) is 1. The van der Waals surface area contributed by atoms with Crippen LogP contribution in [0.5, 0.6) is 0 Å². The van der Waals surface area contributed by atoms with Crippen molar-refractivity contribution in [2.45, 2.75) is 25.5 Å². The second kappa shape index (κ2) is 5.72. The van der Waals surface area contributed by atoms with Crippen LogP contribution in [0.1, 0.15) is 23.8 Å². The maximum absolute atomic E-state index is 12.2. The van der Waals surface area contributed by atoms with E-state index in [0.717, 1.165) is 0 Å². The summed E-state index contributed by atoms with van der Waals surface area (Å²) in [4.78, 5) is 25.3.